The van der Waals surface area contributed by atoms with Crippen molar-refractivity contribution in [2.45, 2.75) is 6.61 Å². The highest BCUT2D eigenvalue weighted by Crippen LogP contribution is 2.30. The zero-order valence-corrected chi connectivity index (χ0v) is 11.1. The van der Waals surface area contributed by atoms with Crippen LogP contribution in [0.3, 0.4) is 0 Å². The molecule has 0 unspecified atom stereocenters. The van der Waals surface area contributed by atoms with E-state index >= 15 is 0 Å². The Morgan fingerprint density at radius 3 is 2.68 bits per heavy atom. The molecule has 0 radical (unpaired) electrons. The van der Waals surface area contributed by atoms with Gasteiger partial charge in [-0.2, -0.15) is 0 Å². The Labute approximate surface area is 116 Å². The third-order valence-corrected chi connectivity index (χ3v) is 3.61. The molecule has 2 aromatic rings. The van der Waals surface area contributed by atoms with E-state index in [1.54, 1.807) is 7.11 Å². The van der Waals surface area contributed by atoms with Crippen LogP contribution in [0.2, 0.25) is 5.02 Å². The molecule has 5 heteroatoms. The molecular formula is C14H12BClO3. The molecular weight excluding hydrogens is 262 g/mol. The van der Waals surface area contributed by atoms with Gasteiger partial charge in [-0.05, 0) is 40.4 Å². The quantitative estimate of drug-likeness (QED) is 0.854. The molecule has 96 valence electrons. The Bertz CT molecular complexity index is 613. The first-order chi connectivity index (χ1) is 9.19. The molecule has 0 atom stereocenters. The Morgan fingerprint density at radius 2 is 2.00 bits per heavy atom. The summed E-state index contributed by atoms with van der Waals surface area (Å²) < 4.78 is 10.3. The fourth-order valence-electron chi connectivity index (χ4n) is 2.24. The summed E-state index contributed by atoms with van der Waals surface area (Å²) in [5.74, 6) is 0.796. The molecule has 19 heavy (non-hydrogen) atoms. The minimum absolute atomic E-state index is 0.402. The average molecular weight is 275 g/mol. The molecule has 0 aliphatic carbocycles. The van der Waals surface area contributed by atoms with Crippen molar-refractivity contribution in [1.82, 2.24) is 0 Å². The maximum absolute atomic E-state index is 9.74. The van der Waals surface area contributed by atoms with E-state index in [2.05, 4.69) is 0 Å². The van der Waals surface area contributed by atoms with Crippen LogP contribution in [0.5, 0.6) is 5.75 Å². The average Bonchev–Trinajstić information content (AvgIpc) is 2.79. The lowest BCUT2D eigenvalue weighted by Crippen LogP contribution is -2.28. The van der Waals surface area contributed by atoms with Crippen molar-refractivity contribution in [2.75, 3.05) is 7.11 Å². The lowest BCUT2D eigenvalue weighted by Gasteiger charge is -2.09. The zero-order valence-electron chi connectivity index (χ0n) is 10.4. The van der Waals surface area contributed by atoms with Crippen LogP contribution in [0, 0.1) is 0 Å². The van der Waals surface area contributed by atoms with Crippen molar-refractivity contribution in [2.24, 2.45) is 0 Å². The van der Waals surface area contributed by atoms with Crippen LogP contribution in [-0.2, 0) is 11.3 Å². The molecule has 0 saturated heterocycles. The first-order valence-corrected chi connectivity index (χ1v) is 6.33. The van der Waals surface area contributed by atoms with E-state index in [4.69, 9.17) is 21.0 Å². The summed E-state index contributed by atoms with van der Waals surface area (Å²) in [4.78, 5) is 0. The summed E-state index contributed by atoms with van der Waals surface area (Å²) in [6.07, 6.45) is 0. The summed E-state index contributed by atoms with van der Waals surface area (Å²) in [6.45, 7) is 0.402. The Balaban J connectivity index is 2.06. The second-order valence-electron chi connectivity index (χ2n) is 4.42. The fraction of sp³-hybridized carbons (Fsp3) is 0.143. The van der Waals surface area contributed by atoms with Gasteiger partial charge in [0.25, 0.3) is 0 Å². The number of hydrogen-bond acceptors (Lipinski definition) is 3. The molecule has 1 heterocycles. The highest BCUT2D eigenvalue weighted by molar-refractivity contribution is 6.61. The van der Waals surface area contributed by atoms with Gasteiger partial charge in [0.15, 0.2) is 0 Å². The first kappa shape index (κ1) is 12.5. The predicted molar refractivity (Wildman–Crippen MR) is 75.8 cm³/mol. The number of halogens is 1. The molecule has 0 bridgehead atoms. The van der Waals surface area contributed by atoms with Gasteiger partial charge in [0.05, 0.1) is 13.7 Å². The molecule has 1 N–H and O–H groups in total. The van der Waals surface area contributed by atoms with Gasteiger partial charge in [-0.3, -0.25) is 0 Å². The van der Waals surface area contributed by atoms with Crippen molar-refractivity contribution in [3.8, 4) is 16.9 Å². The monoisotopic (exact) mass is 274 g/mol. The minimum Gasteiger partial charge on any atom is -0.497 e. The standard InChI is InChI=1S/C14H12BClO3/c1-18-11-4-2-9(3-5-11)12-7-13-10(6-14(12)16)8-19-15(13)17/h2-7,17H,8H2,1H3. The molecule has 3 rings (SSSR count). The lowest BCUT2D eigenvalue weighted by molar-refractivity contribution is 0.275. The Kier molecular flexibility index (Phi) is 3.23. The molecule has 3 nitrogen and oxygen atoms in total. The van der Waals surface area contributed by atoms with E-state index in [-0.39, 0.29) is 0 Å². The fourth-order valence-corrected chi connectivity index (χ4v) is 2.53. The van der Waals surface area contributed by atoms with E-state index in [1.807, 2.05) is 36.4 Å². The van der Waals surface area contributed by atoms with Crippen LogP contribution in [0.1, 0.15) is 5.56 Å². The van der Waals surface area contributed by atoms with Crippen LogP contribution in [-0.4, -0.2) is 19.3 Å². The molecule has 2 aromatic carbocycles. The van der Waals surface area contributed by atoms with E-state index in [1.165, 1.54) is 0 Å². The number of benzene rings is 2. The Hall–Kier alpha value is -1.49. The van der Waals surface area contributed by atoms with Crippen LogP contribution < -0.4 is 10.2 Å². The van der Waals surface area contributed by atoms with Crippen molar-refractivity contribution < 1.29 is 14.4 Å². The van der Waals surface area contributed by atoms with Crippen molar-refractivity contribution in [1.29, 1.82) is 0 Å². The highest BCUT2D eigenvalue weighted by atomic mass is 35.5. The SMILES string of the molecule is COc1ccc(-c2cc3c(cc2Cl)COB3O)cc1. The zero-order chi connectivity index (χ0) is 13.4. The molecule has 0 aromatic heterocycles. The summed E-state index contributed by atoms with van der Waals surface area (Å²) in [5.41, 5.74) is 3.59. The van der Waals surface area contributed by atoms with Crippen molar-refractivity contribution in [3.05, 3.63) is 47.0 Å². The van der Waals surface area contributed by atoms with Gasteiger partial charge in [-0.25, -0.2) is 0 Å². The van der Waals surface area contributed by atoms with Gasteiger partial charge >= 0.3 is 7.12 Å². The van der Waals surface area contributed by atoms with Crippen molar-refractivity contribution >= 4 is 24.2 Å². The summed E-state index contributed by atoms with van der Waals surface area (Å²) >= 11 is 6.30. The third-order valence-electron chi connectivity index (χ3n) is 3.29. The highest BCUT2D eigenvalue weighted by Gasteiger charge is 2.28. The lowest BCUT2D eigenvalue weighted by atomic mass is 9.78. The minimum atomic E-state index is -0.857. The second-order valence-corrected chi connectivity index (χ2v) is 4.83. The maximum Gasteiger partial charge on any atom is 0.491 e. The number of ether oxygens (including phenoxy) is 1. The van der Waals surface area contributed by atoms with E-state index in [0.717, 1.165) is 27.9 Å². The van der Waals surface area contributed by atoms with Crippen LogP contribution in [0.4, 0.5) is 0 Å². The third kappa shape index (κ3) is 2.23. The van der Waals surface area contributed by atoms with Gasteiger partial charge in [0, 0.05) is 5.02 Å². The summed E-state index contributed by atoms with van der Waals surface area (Å²) in [5, 5.41) is 10.4. The van der Waals surface area contributed by atoms with Gasteiger partial charge in [-0.1, -0.05) is 29.8 Å². The van der Waals surface area contributed by atoms with Crippen LogP contribution in [0.25, 0.3) is 11.1 Å². The van der Waals surface area contributed by atoms with E-state index in [9.17, 15) is 5.02 Å². The molecule has 1 aliphatic rings. The summed E-state index contributed by atoms with van der Waals surface area (Å²) in [7, 11) is 0.773. The summed E-state index contributed by atoms with van der Waals surface area (Å²) in [6, 6.07) is 11.4. The first-order valence-electron chi connectivity index (χ1n) is 5.95. The number of hydrogen-bond donors (Lipinski definition) is 1. The normalized spacial score (nSPS) is 13.5. The number of fused-ring (bicyclic) bond motifs is 1. The van der Waals surface area contributed by atoms with Gasteiger partial charge in [-0.15, -0.1) is 0 Å². The second kappa shape index (κ2) is 4.89. The molecule has 0 saturated carbocycles. The molecule has 0 fully saturated rings. The molecule has 0 amide bonds. The predicted octanol–water partition coefficient (Wildman–Crippen LogP) is 2.23. The molecule has 0 spiro atoms. The van der Waals surface area contributed by atoms with Gasteiger partial charge in [0.2, 0.25) is 0 Å². The maximum atomic E-state index is 9.74. The topological polar surface area (TPSA) is 38.7 Å². The van der Waals surface area contributed by atoms with Gasteiger partial charge in [0.1, 0.15) is 5.75 Å². The van der Waals surface area contributed by atoms with E-state index in [0.29, 0.717) is 11.6 Å². The number of methoxy groups -OCH3 is 1. The van der Waals surface area contributed by atoms with Gasteiger partial charge < -0.3 is 14.4 Å². The Morgan fingerprint density at radius 1 is 1.26 bits per heavy atom. The largest absolute Gasteiger partial charge is 0.497 e. The smallest absolute Gasteiger partial charge is 0.491 e. The van der Waals surface area contributed by atoms with Crippen LogP contribution >= 0.6 is 11.6 Å². The molecule has 1 aliphatic heterocycles. The van der Waals surface area contributed by atoms with Crippen LogP contribution in [0.15, 0.2) is 36.4 Å². The number of rotatable bonds is 2. The van der Waals surface area contributed by atoms with Crippen molar-refractivity contribution in [3.63, 3.8) is 0 Å². The van der Waals surface area contributed by atoms with E-state index < -0.39 is 7.12 Å².